The summed E-state index contributed by atoms with van der Waals surface area (Å²) in [5.41, 5.74) is 2.32. The quantitative estimate of drug-likeness (QED) is 0.912. The molecule has 2 aromatic rings. The Morgan fingerprint density at radius 1 is 1.19 bits per heavy atom. The van der Waals surface area contributed by atoms with E-state index in [9.17, 15) is 0 Å². The van der Waals surface area contributed by atoms with Crippen molar-refractivity contribution in [3.05, 3.63) is 42.0 Å². The van der Waals surface area contributed by atoms with Crippen molar-refractivity contribution in [2.24, 2.45) is 0 Å². The molecule has 0 radical (unpaired) electrons. The molecule has 1 saturated carbocycles. The minimum Gasteiger partial charge on any atom is -0.349 e. The monoisotopic (exact) mass is 284 g/mol. The van der Waals surface area contributed by atoms with Crippen LogP contribution in [0.25, 0.3) is 0 Å². The minimum atomic E-state index is 0.233. The molecule has 3 rings (SSSR count). The van der Waals surface area contributed by atoms with Gasteiger partial charge in [0.1, 0.15) is 0 Å². The van der Waals surface area contributed by atoms with Gasteiger partial charge in [-0.1, -0.05) is 19.3 Å². The second-order valence-electron chi connectivity index (χ2n) is 6.05. The molecule has 0 aliphatic heterocycles. The number of hydrogen-bond donors (Lipinski definition) is 1. The molecule has 0 saturated heterocycles. The second kappa shape index (κ2) is 6.29. The largest absolute Gasteiger partial charge is 0.349 e. The number of rotatable bonds is 4. The molecule has 0 bridgehead atoms. The molecule has 2 aromatic heterocycles. The standard InChI is InChI=1S/C17H24N4/c1-13-12-21(16-6-4-3-5-7-16)17(19-13)20-14(2)15-8-10-18-11-9-15/h8-12,14,16H,3-7H2,1-2H3,(H,19,20). The number of hydrogen-bond acceptors (Lipinski definition) is 3. The van der Waals surface area contributed by atoms with Crippen LogP contribution in [0.3, 0.4) is 0 Å². The van der Waals surface area contributed by atoms with E-state index in [1.54, 1.807) is 0 Å². The first-order chi connectivity index (χ1) is 10.2. The van der Waals surface area contributed by atoms with Crippen LogP contribution in [-0.4, -0.2) is 14.5 Å². The summed E-state index contributed by atoms with van der Waals surface area (Å²) in [6, 6.07) is 4.95. The van der Waals surface area contributed by atoms with Crippen LogP contribution in [0.4, 0.5) is 5.95 Å². The molecule has 4 nitrogen and oxygen atoms in total. The van der Waals surface area contributed by atoms with Gasteiger partial charge < -0.3 is 9.88 Å². The lowest BCUT2D eigenvalue weighted by Gasteiger charge is -2.26. The average molecular weight is 284 g/mol. The van der Waals surface area contributed by atoms with Gasteiger partial charge in [0.2, 0.25) is 5.95 Å². The highest BCUT2D eigenvalue weighted by molar-refractivity contribution is 5.34. The highest BCUT2D eigenvalue weighted by atomic mass is 15.2. The summed E-state index contributed by atoms with van der Waals surface area (Å²) in [7, 11) is 0. The highest BCUT2D eigenvalue weighted by Crippen LogP contribution is 2.31. The fraction of sp³-hybridized carbons (Fsp3) is 0.529. The van der Waals surface area contributed by atoms with Gasteiger partial charge in [0, 0.05) is 24.6 Å². The van der Waals surface area contributed by atoms with Crippen molar-refractivity contribution in [2.75, 3.05) is 5.32 Å². The molecule has 0 aromatic carbocycles. The zero-order valence-electron chi connectivity index (χ0n) is 12.9. The predicted molar refractivity (Wildman–Crippen MR) is 85.4 cm³/mol. The summed E-state index contributed by atoms with van der Waals surface area (Å²) in [6.07, 6.45) is 12.5. The first-order valence-electron chi connectivity index (χ1n) is 7.96. The molecule has 1 unspecified atom stereocenters. The van der Waals surface area contributed by atoms with Crippen molar-refractivity contribution >= 4 is 5.95 Å². The van der Waals surface area contributed by atoms with E-state index in [0.717, 1.165) is 11.6 Å². The first kappa shape index (κ1) is 14.1. The number of nitrogens with one attached hydrogen (secondary N) is 1. The van der Waals surface area contributed by atoms with Crippen LogP contribution in [0.5, 0.6) is 0 Å². The summed E-state index contributed by atoms with van der Waals surface area (Å²) in [6.45, 7) is 4.24. The minimum absolute atomic E-state index is 0.233. The number of aryl methyl sites for hydroxylation is 1. The maximum atomic E-state index is 4.69. The Labute approximate surface area is 126 Å². The number of imidazole rings is 1. The lowest BCUT2D eigenvalue weighted by molar-refractivity contribution is 0.355. The van der Waals surface area contributed by atoms with E-state index < -0.39 is 0 Å². The molecule has 4 heteroatoms. The van der Waals surface area contributed by atoms with Gasteiger partial charge >= 0.3 is 0 Å². The van der Waals surface area contributed by atoms with Crippen molar-refractivity contribution in [3.63, 3.8) is 0 Å². The number of aromatic nitrogens is 3. The lowest BCUT2D eigenvalue weighted by Crippen LogP contribution is -2.17. The van der Waals surface area contributed by atoms with E-state index in [4.69, 9.17) is 0 Å². The molecule has 21 heavy (non-hydrogen) atoms. The molecular formula is C17H24N4. The Balaban J connectivity index is 1.78. The average Bonchev–Trinajstić information content (AvgIpc) is 2.89. The molecule has 1 aliphatic rings. The summed E-state index contributed by atoms with van der Waals surface area (Å²) >= 11 is 0. The van der Waals surface area contributed by atoms with Gasteiger partial charge in [-0.25, -0.2) is 4.98 Å². The number of pyridine rings is 1. The van der Waals surface area contributed by atoms with Gasteiger partial charge in [-0.3, -0.25) is 4.98 Å². The lowest BCUT2D eigenvalue weighted by atomic mass is 9.95. The third-order valence-electron chi connectivity index (χ3n) is 4.37. The third kappa shape index (κ3) is 3.26. The van der Waals surface area contributed by atoms with Crippen LogP contribution in [-0.2, 0) is 0 Å². The Morgan fingerprint density at radius 3 is 2.62 bits per heavy atom. The highest BCUT2D eigenvalue weighted by Gasteiger charge is 2.19. The molecule has 1 N–H and O–H groups in total. The van der Waals surface area contributed by atoms with Crippen molar-refractivity contribution in [3.8, 4) is 0 Å². The Hall–Kier alpha value is -1.84. The molecule has 0 amide bonds. The number of anilines is 1. The fourth-order valence-electron chi connectivity index (χ4n) is 3.19. The summed E-state index contributed by atoms with van der Waals surface area (Å²) in [5.74, 6) is 1.00. The molecule has 2 heterocycles. The SMILES string of the molecule is Cc1cn(C2CCCCC2)c(NC(C)c2ccncc2)n1. The van der Waals surface area contributed by atoms with E-state index in [1.807, 2.05) is 12.4 Å². The summed E-state index contributed by atoms with van der Waals surface area (Å²) in [4.78, 5) is 8.77. The van der Waals surface area contributed by atoms with E-state index in [0.29, 0.717) is 6.04 Å². The second-order valence-corrected chi connectivity index (χ2v) is 6.05. The zero-order valence-corrected chi connectivity index (χ0v) is 12.9. The Bertz CT molecular complexity index is 570. The van der Waals surface area contributed by atoms with Crippen molar-refractivity contribution in [2.45, 2.75) is 58.0 Å². The molecule has 1 fully saturated rings. The van der Waals surface area contributed by atoms with E-state index >= 15 is 0 Å². The molecule has 1 aliphatic carbocycles. The van der Waals surface area contributed by atoms with Crippen LogP contribution in [0.15, 0.2) is 30.7 Å². The smallest absolute Gasteiger partial charge is 0.203 e. The molecule has 0 spiro atoms. The van der Waals surface area contributed by atoms with Gasteiger partial charge in [0.05, 0.1) is 11.7 Å². The Morgan fingerprint density at radius 2 is 1.90 bits per heavy atom. The molecular weight excluding hydrogens is 260 g/mol. The fourth-order valence-corrected chi connectivity index (χ4v) is 3.19. The third-order valence-corrected chi connectivity index (χ3v) is 4.37. The van der Waals surface area contributed by atoms with Crippen molar-refractivity contribution in [1.29, 1.82) is 0 Å². The van der Waals surface area contributed by atoms with Gasteiger partial charge in [-0.15, -0.1) is 0 Å². The van der Waals surface area contributed by atoms with E-state index in [2.05, 4.69) is 52.0 Å². The molecule has 112 valence electrons. The topological polar surface area (TPSA) is 42.7 Å². The van der Waals surface area contributed by atoms with Gasteiger partial charge in [-0.2, -0.15) is 0 Å². The zero-order chi connectivity index (χ0) is 14.7. The maximum absolute atomic E-state index is 4.69. The van der Waals surface area contributed by atoms with E-state index in [-0.39, 0.29) is 6.04 Å². The van der Waals surface area contributed by atoms with Crippen LogP contribution in [0.2, 0.25) is 0 Å². The van der Waals surface area contributed by atoms with Crippen LogP contribution >= 0.6 is 0 Å². The summed E-state index contributed by atoms with van der Waals surface area (Å²) in [5, 5.41) is 3.57. The van der Waals surface area contributed by atoms with Gasteiger partial charge in [0.15, 0.2) is 0 Å². The van der Waals surface area contributed by atoms with Gasteiger partial charge in [0.25, 0.3) is 0 Å². The maximum Gasteiger partial charge on any atom is 0.203 e. The number of nitrogens with zero attached hydrogens (tertiary/aromatic N) is 3. The van der Waals surface area contributed by atoms with Crippen molar-refractivity contribution < 1.29 is 0 Å². The van der Waals surface area contributed by atoms with Gasteiger partial charge in [-0.05, 0) is 44.4 Å². The first-order valence-corrected chi connectivity index (χ1v) is 7.96. The van der Waals surface area contributed by atoms with Crippen LogP contribution < -0.4 is 5.32 Å². The normalized spacial score (nSPS) is 17.6. The molecule has 1 atom stereocenters. The summed E-state index contributed by atoms with van der Waals surface area (Å²) < 4.78 is 2.35. The Kier molecular flexibility index (Phi) is 4.23. The van der Waals surface area contributed by atoms with Crippen molar-refractivity contribution in [1.82, 2.24) is 14.5 Å². The van der Waals surface area contributed by atoms with Crippen LogP contribution in [0.1, 0.15) is 62.4 Å². The van der Waals surface area contributed by atoms with E-state index in [1.165, 1.54) is 37.7 Å². The predicted octanol–water partition coefficient (Wildman–Crippen LogP) is 4.26. The van der Waals surface area contributed by atoms with Crippen LogP contribution in [0, 0.1) is 6.92 Å².